The fraction of sp³-hybridized carbons (Fsp3) is 0.348. The highest BCUT2D eigenvalue weighted by atomic mass is 32.2. The smallest absolute Gasteiger partial charge is 0.243 e. The number of fused-ring (bicyclic) bond motifs is 1. The predicted octanol–water partition coefficient (Wildman–Crippen LogP) is 4.43. The van der Waals surface area contributed by atoms with Gasteiger partial charge in [0.15, 0.2) is 0 Å². The molecule has 0 radical (unpaired) electrons. The van der Waals surface area contributed by atoms with Crippen LogP contribution in [0.15, 0.2) is 58.1 Å². The summed E-state index contributed by atoms with van der Waals surface area (Å²) in [5.41, 5.74) is 1.77. The van der Waals surface area contributed by atoms with Gasteiger partial charge < -0.3 is 5.32 Å². The number of amides is 1. The molecule has 4 rings (SSSR count). The average Bonchev–Trinajstić information content (AvgIpc) is 3.46. The summed E-state index contributed by atoms with van der Waals surface area (Å²) in [5, 5.41) is 7.09. The number of sulfonamides is 1. The molecule has 1 amide bonds. The minimum atomic E-state index is -3.58. The van der Waals surface area contributed by atoms with Gasteiger partial charge in [0.2, 0.25) is 15.9 Å². The van der Waals surface area contributed by atoms with Crippen LogP contribution in [-0.4, -0.2) is 49.7 Å². The minimum absolute atomic E-state index is 0.0742. The number of rotatable bonds is 8. The second kappa shape index (κ2) is 9.84. The summed E-state index contributed by atoms with van der Waals surface area (Å²) in [7, 11) is -3.58. The molecule has 1 N–H and O–H groups in total. The van der Waals surface area contributed by atoms with Gasteiger partial charge in [-0.05, 0) is 53.1 Å². The van der Waals surface area contributed by atoms with Crippen molar-refractivity contribution >= 4 is 44.3 Å². The quantitative estimate of drug-likeness (QED) is 0.508. The highest BCUT2D eigenvalue weighted by molar-refractivity contribution is 7.89. The third-order valence-electron chi connectivity index (χ3n) is 5.69. The number of carbonyl (C=O) groups is 1. The van der Waals surface area contributed by atoms with Crippen LogP contribution in [0, 0.1) is 0 Å². The van der Waals surface area contributed by atoms with Crippen molar-refractivity contribution < 1.29 is 13.2 Å². The molecule has 1 atom stereocenters. The molecule has 6 nitrogen and oxygen atoms in total. The number of benzene rings is 1. The van der Waals surface area contributed by atoms with Gasteiger partial charge in [-0.1, -0.05) is 26.0 Å². The average molecular weight is 490 g/mol. The highest BCUT2D eigenvalue weighted by Crippen LogP contribution is 2.39. The molecule has 9 heteroatoms. The molecule has 0 saturated heterocycles. The molecule has 1 unspecified atom stereocenters. The molecular weight excluding hydrogens is 462 g/mol. The second-order valence-corrected chi connectivity index (χ2v) is 11.5. The lowest BCUT2D eigenvalue weighted by atomic mass is 9.98. The zero-order valence-corrected chi connectivity index (χ0v) is 20.6. The van der Waals surface area contributed by atoms with Gasteiger partial charge in [-0.2, -0.15) is 4.31 Å². The lowest BCUT2D eigenvalue weighted by Gasteiger charge is -2.34. The summed E-state index contributed by atoms with van der Waals surface area (Å²) in [6.45, 7) is 5.48. The number of thiophene rings is 2. The zero-order valence-electron chi connectivity index (χ0n) is 18.2. The van der Waals surface area contributed by atoms with Crippen molar-refractivity contribution in [1.29, 1.82) is 0 Å². The van der Waals surface area contributed by atoms with Crippen molar-refractivity contribution in [2.75, 3.05) is 31.5 Å². The van der Waals surface area contributed by atoms with E-state index in [1.807, 2.05) is 19.9 Å². The minimum Gasteiger partial charge on any atom is -0.325 e. The maximum atomic E-state index is 12.9. The van der Waals surface area contributed by atoms with Crippen molar-refractivity contribution in [1.82, 2.24) is 9.21 Å². The summed E-state index contributed by atoms with van der Waals surface area (Å²) in [6.07, 6.45) is 0.930. The number of hydrogen-bond acceptors (Lipinski definition) is 6. The topological polar surface area (TPSA) is 69.7 Å². The Hall–Kier alpha value is -2.04. The Labute approximate surface area is 197 Å². The summed E-state index contributed by atoms with van der Waals surface area (Å²) in [5.74, 6) is -0.150. The Morgan fingerprint density at radius 2 is 1.94 bits per heavy atom. The van der Waals surface area contributed by atoms with Gasteiger partial charge in [0.05, 0.1) is 17.5 Å². The van der Waals surface area contributed by atoms with Gasteiger partial charge in [0.1, 0.15) is 0 Å². The van der Waals surface area contributed by atoms with E-state index in [0.717, 1.165) is 13.0 Å². The van der Waals surface area contributed by atoms with E-state index in [-0.39, 0.29) is 23.4 Å². The molecule has 0 fully saturated rings. The molecule has 3 aromatic rings. The standard InChI is InChI=1S/C23H27N3O3S3/c1-3-26(4-2)32(28,29)18-8-5-7-17(15-18)24-22(27)16-25-12-10-20-19(11-14-31-20)23(25)21-9-6-13-30-21/h5-9,11,13-15,23H,3-4,10,12,16H2,1-2H3,(H,24,27). The molecule has 0 spiro atoms. The van der Waals surface area contributed by atoms with Crippen molar-refractivity contribution in [3.63, 3.8) is 0 Å². The molecule has 3 heterocycles. The largest absolute Gasteiger partial charge is 0.325 e. The lowest BCUT2D eigenvalue weighted by molar-refractivity contribution is -0.117. The van der Waals surface area contributed by atoms with E-state index < -0.39 is 10.0 Å². The first kappa shape index (κ1) is 23.1. The monoisotopic (exact) mass is 489 g/mol. The van der Waals surface area contributed by atoms with Crippen LogP contribution in [0.1, 0.15) is 35.2 Å². The molecule has 1 aliphatic rings. The molecule has 1 aliphatic heterocycles. The fourth-order valence-corrected chi connectivity index (χ4v) is 7.44. The number of carbonyl (C=O) groups excluding carboxylic acids is 1. The van der Waals surface area contributed by atoms with Gasteiger partial charge >= 0.3 is 0 Å². The first-order chi connectivity index (χ1) is 15.4. The van der Waals surface area contributed by atoms with E-state index in [4.69, 9.17) is 0 Å². The second-order valence-electron chi connectivity index (χ2n) is 7.60. The Balaban J connectivity index is 1.51. The summed E-state index contributed by atoms with van der Waals surface area (Å²) in [4.78, 5) is 17.9. The third-order valence-corrected chi connectivity index (χ3v) is 9.65. The Morgan fingerprint density at radius 1 is 1.12 bits per heavy atom. The third kappa shape index (κ3) is 4.67. The van der Waals surface area contributed by atoms with E-state index >= 15 is 0 Å². The van der Waals surface area contributed by atoms with Gasteiger partial charge in [0, 0.05) is 35.1 Å². The SMILES string of the molecule is CCN(CC)S(=O)(=O)c1cccc(NC(=O)CN2CCc3sccc3C2c2cccs2)c1. The van der Waals surface area contributed by atoms with E-state index in [2.05, 4.69) is 33.1 Å². The molecule has 32 heavy (non-hydrogen) atoms. The van der Waals surface area contributed by atoms with Crippen LogP contribution in [0.2, 0.25) is 0 Å². The summed E-state index contributed by atoms with van der Waals surface area (Å²) < 4.78 is 27.1. The Bertz CT molecular complexity index is 1170. The first-order valence-corrected chi connectivity index (χ1v) is 13.9. The van der Waals surface area contributed by atoms with Crippen LogP contribution < -0.4 is 5.32 Å². The predicted molar refractivity (Wildman–Crippen MR) is 131 cm³/mol. The number of nitrogens with one attached hydrogen (secondary N) is 1. The van der Waals surface area contributed by atoms with Gasteiger partial charge in [-0.3, -0.25) is 9.69 Å². The number of nitrogens with zero attached hydrogens (tertiary/aromatic N) is 2. The highest BCUT2D eigenvalue weighted by Gasteiger charge is 2.31. The zero-order chi connectivity index (χ0) is 22.7. The lowest BCUT2D eigenvalue weighted by Crippen LogP contribution is -2.40. The van der Waals surface area contributed by atoms with Crippen LogP contribution in [0.3, 0.4) is 0 Å². The van der Waals surface area contributed by atoms with Gasteiger partial charge in [-0.15, -0.1) is 22.7 Å². The number of anilines is 1. The Kier molecular flexibility index (Phi) is 7.11. The van der Waals surface area contributed by atoms with E-state index in [9.17, 15) is 13.2 Å². The molecule has 2 aromatic heterocycles. The molecule has 170 valence electrons. The molecular formula is C23H27N3O3S3. The summed E-state index contributed by atoms with van der Waals surface area (Å²) in [6, 6.07) is 12.9. The van der Waals surface area contributed by atoms with Gasteiger partial charge in [0.25, 0.3) is 0 Å². The molecule has 0 bridgehead atoms. The van der Waals surface area contributed by atoms with Crippen LogP contribution in [0.25, 0.3) is 0 Å². The van der Waals surface area contributed by atoms with Crippen LogP contribution in [0.4, 0.5) is 5.69 Å². The van der Waals surface area contributed by atoms with Crippen molar-refractivity contribution in [3.05, 3.63) is 68.5 Å². The van der Waals surface area contributed by atoms with Gasteiger partial charge in [-0.25, -0.2) is 8.42 Å². The van der Waals surface area contributed by atoms with Crippen molar-refractivity contribution in [2.45, 2.75) is 31.2 Å². The summed E-state index contributed by atoms with van der Waals surface area (Å²) >= 11 is 3.48. The fourth-order valence-electron chi connectivity index (χ4n) is 4.15. The van der Waals surface area contributed by atoms with Crippen LogP contribution in [-0.2, 0) is 21.2 Å². The Morgan fingerprint density at radius 3 is 2.66 bits per heavy atom. The van der Waals surface area contributed by atoms with Crippen LogP contribution >= 0.6 is 22.7 Å². The van der Waals surface area contributed by atoms with E-state index in [1.54, 1.807) is 40.9 Å². The maximum Gasteiger partial charge on any atom is 0.243 e. The normalized spacial score (nSPS) is 16.8. The van der Waals surface area contributed by atoms with E-state index in [0.29, 0.717) is 18.8 Å². The molecule has 0 saturated carbocycles. The van der Waals surface area contributed by atoms with Crippen molar-refractivity contribution in [2.24, 2.45) is 0 Å². The molecule has 1 aromatic carbocycles. The maximum absolute atomic E-state index is 12.9. The van der Waals surface area contributed by atoms with Crippen LogP contribution in [0.5, 0.6) is 0 Å². The first-order valence-electron chi connectivity index (χ1n) is 10.7. The van der Waals surface area contributed by atoms with Crippen molar-refractivity contribution in [3.8, 4) is 0 Å². The van der Waals surface area contributed by atoms with E-state index in [1.165, 1.54) is 25.7 Å². The number of hydrogen-bond donors (Lipinski definition) is 1. The molecule has 0 aliphatic carbocycles.